The second-order valence-electron chi connectivity index (χ2n) is 6.01. The molecule has 1 amide bonds. The van der Waals surface area contributed by atoms with Crippen LogP contribution in [0.15, 0.2) is 25.2 Å². The zero-order chi connectivity index (χ0) is 16.9. The molecule has 2 aromatic heterocycles. The Balaban J connectivity index is 1.85. The van der Waals surface area contributed by atoms with Gasteiger partial charge in [-0.05, 0) is 20.8 Å². The zero-order valence-electron chi connectivity index (χ0n) is 13.6. The number of aromatic amines is 1. The van der Waals surface area contributed by atoms with Gasteiger partial charge in [0.2, 0.25) is 0 Å². The minimum atomic E-state index is -0.548. The summed E-state index contributed by atoms with van der Waals surface area (Å²) in [5.41, 5.74) is 1.33. The lowest BCUT2D eigenvalue weighted by Crippen LogP contribution is -2.27. The van der Waals surface area contributed by atoms with Crippen LogP contribution in [0.5, 0.6) is 0 Å². The smallest absolute Gasteiger partial charge is 0.413 e. The van der Waals surface area contributed by atoms with Crippen LogP contribution in [0.3, 0.4) is 0 Å². The maximum absolute atomic E-state index is 11.8. The van der Waals surface area contributed by atoms with Crippen LogP contribution in [0, 0.1) is 0 Å². The SMILES string of the molecule is C=Cn1cc(CNCc2cn[nH]c2NC(=O)OC(C)(C)C)cn1. The summed E-state index contributed by atoms with van der Waals surface area (Å²) < 4.78 is 6.86. The highest BCUT2D eigenvalue weighted by Gasteiger charge is 2.17. The van der Waals surface area contributed by atoms with Crippen molar-refractivity contribution >= 4 is 18.1 Å². The Morgan fingerprint density at radius 2 is 2.22 bits per heavy atom. The monoisotopic (exact) mass is 318 g/mol. The zero-order valence-corrected chi connectivity index (χ0v) is 13.6. The molecule has 0 unspecified atom stereocenters. The second kappa shape index (κ2) is 7.10. The van der Waals surface area contributed by atoms with Gasteiger partial charge in [-0.15, -0.1) is 0 Å². The molecular formula is C15H22N6O2. The van der Waals surface area contributed by atoms with Gasteiger partial charge in [0.15, 0.2) is 0 Å². The molecular weight excluding hydrogens is 296 g/mol. The van der Waals surface area contributed by atoms with E-state index in [1.165, 1.54) is 0 Å². The summed E-state index contributed by atoms with van der Waals surface area (Å²) in [5, 5.41) is 16.7. The molecule has 0 saturated heterocycles. The number of nitrogens with one attached hydrogen (secondary N) is 3. The Bertz CT molecular complexity index is 668. The predicted octanol–water partition coefficient (Wildman–Crippen LogP) is 2.34. The lowest BCUT2D eigenvalue weighted by molar-refractivity contribution is 0.0635. The van der Waals surface area contributed by atoms with E-state index in [-0.39, 0.29) is 0 Å². The summed E-state index contributed by atoms with van der Waals surface area (Å²) in [5.74, 6) is 0.522. The van der Waals surface area contributed by atoms with Crippen LogP contribution >= 0.6 is 0 Å². The highest BCUT2D eigenvalue weighted by Crippen LogP contribution is 2.14. The average Bonchev–Trinajstić information content (AvgIpc) is 3.06. The van der Waals surface area contributed by atoms with Gasteiger partial charge in [0.25, 0.3) is 0 Å². The molecule has 0 aliphatic rings. The molecule has 0 saturated carbocycles. The number of hydrogen-bond donors (Lipinski definition) is 3. The minimum Gasteiger partial charge on any atom is -0.444 e. The van der Waals surface area contributed by atoms with Gasteiger partial charge in [-0.1, -0.05) is 6.58 Å². The molecule has 0 aromatic carbocycles. The molecule has 0 spiro atoms. The molecule has 0 aliphatic carbocycles. The number of carbonyl (C=O) groups is 1. The molecule has 8 nitrogen and oxygen atoms in total. The summed E-state index contributed by atoms with van der Waals surface area (Å²) in [6.45, 7) is 10.3. The molecule has 8 heteroatoms. The Morgan fingerprint density at radius 3 is 2.87 bits per heavy atom. The first kappa shape index (κ1) is 16.8. The van der Waals surface area contributed by atoms with Crippen LogP contribution in [-0.4, -0.2) is 31.7 Å². The van der Waals surface area contributed by atoms with E-state index in [4.69, 9.17) is 4.74 Å². The van der Waals surface area contributed by atoms with Crippen molar-refractivity contribution in [2.24, 2.45) is 0 Å². The van der Waals surface area contributed by atoms with E-state index >= 15 is 0 Å². The minimum absolute atomic E-state index is 0.518. The van der Waals surface area contributed by atoms with Crippen molar-refractivity contribution < 1.29 is 9.53 Å². The Hall–Kier alpha value is -2.61. The number of nitrogens with zero attached hydrogens (tertiary/aromatic N) is 3. The average molecular weight is 318 g/mol. The molecule has 0 fully saturated rings. The molecule has 0 aliphatic heterocycles. The first-order chi connectivity index (χ1) is 10.9. The van der Waals surface area contributed by atoms with Crippen molar-refractivity contribution in [3.8, 4) is 0 Å². The Morgan fingerprint density at radius 1 is 1.43 bits per heavy atom. The van der Waals surface area contributed by atoms with Crippen LogP contribution in [-0.2, 0) is 17.8 Å². The number of amides is 1. The van der Waals surface area contributed by atoms with Gasteiger partial charge >= 0.3 is 6.09 Å². The third kappa shape index (κ3) is 5.26. The molecule has 0 bridgehead atoms. The summed E-state index contributed by atoms with van der Waals surface area (Å²) in [7, 11) is 0. The molecule has 2 aromatic rings. The van der Waals surface area contributed by atoms with Crippen molar-refractivity contribution in [3.63, 3.8) is 0 Å². The third-order valence-corrected chi connectivity index (χ3v) is 2.83. The standard InChI is InChI=1S/C15H22N6O2/c1-5-21-10-11(7-18-21)6-16-8-12-9-17-20-13(12)19-14(22)23-15(2,3)4/h5,7,9-10,16H,1,6,8H2,2-4H3,(H2,17,19,20,22). The first-order valence-electron chi connectivity index (χ1n) is 7.26. The highest BCUT2D eigenvalue weighted by atomic mass is 16.6. The van der Waals surface area contributed by atoms with E-state index in [1.54, 1.807) is 23.3 Å². The first-order valence-corrected chi connectivity index (χ1v) is 7.26. The van der Waals surface area contributed by atoms with Crippen molar-refractivity contribution in [2.75, 3.05) is 5.32 Å². The van der Waals surface area contributed by atoms with Crippen molar-refractivity contribution in [3.05, 3.63) is 36.3 Å². The van der Waals surface area contributed by atoms with E-state index in [0.29, 0.717) is 18.9 Å². The van der Waals surface area contributed by atoms with Crippen LogP contribution in [0.1, 0.15) is 31.9 Å². The molecule has 124 valence electrons. The van der Waals surface area contributed by atoms with Gasteiger partial charge < -0.3 is 10.1 Å². The number of anilines is 1. The fourth-order valence-corrected chi connectivity index (χ4v) is 1.87. The summed E-state index contributed by atoms with van der Waals surface area (Å²) >= 11 is 0. The number of carbonyl (C=O) groups excluding carboxylic acids is 1. The summed E-state index contributed by atoms with van der Waals surface area (Å²) in [6, 6.07) is 0. The fraction of sp³-hybridized carbons (Fsp3) is 0.400. The third-order valence-electron chi connectivity index (χ3n) is 2.83. The molecule has 23 heavy (non-hydrogen) atoms. The van der Waals surface area contributed by atoms with Gasteiger partial charge in [-0.3, -0.25) is 10.4 Å². The molecule has 2 rings (SSSR count). The number of aromatic nitrogens is 4. The molecule has 0 radical (unpaired) electrons. The predicted molar refractivity (Wildman–Crippen MR) is 87.6 cm³/mol. The van der Waals surface area contributed by atoms with E-state index in [0.717, 1.165) is 11.1 Å². The Kier molecular flexibility index (Phi) is 5.17. The maximum Gasteiger partial charge on any atom is 0.413 e. The summed E-state index contributed by atoms with van der Waals surface area (Å²) in [6.07, 6.45) is 6.42. The number of rotatable bonds is 6. The second-order valence-corrected chi connectivity index (χ2v) is 6.01. The largest absolute Gasteiger partial charge is 0.444 e. The molecule has 3 N–H and O–H groups in total. The van der Waals surface area contributed by atoms with Crippen LogP contribution in [0.25, 0.3) is 6.20 Å². The van der Waals surface area contributed by atoms with Gasteiger partial charge in [0.05, 0.1) is 12.4 Å². The van der Waals surface area contributed by atoms with Crippen LogP contribution in [0.2, 0.25) is 0 Å². The van der Waals surface area contributed by atoms with E-state index in [9.17, 15) is 4.79 Å². The van der Waals surface area contributed by atoms with Crippen molar-refractivity contribution in [1.29, 1.82) is 0 Å². The summed E-state index contributed by atoms with van der Waals surface area (Å²) in [4.78, 5) is 11.8. The number of H-pyrrole nitrogens is 1. The van der Waals surface area contributed by atoms with Crippen LogP contribution < -0.4 is 10.6 Å². The topological polar surface area (TPSA) is 96.9 Å². The van der Waals surface area contributed by atoms with Crippen LogP contribution in [0.4, 0.5) is 10.6 Å². The highest BCUT2D eigenvalue weighted by molar-refractivity contribution is 5.84. The van der Waals surface area contributed by atoms with E-state index in [2.05, 4.69) is 32.5 Å². The van der Waals surface area contributed by atoms with Gasteiger partial charge in [-0.25, -0.2) is 9.48 Å². The van der Waals surface area contributed by atoms with Gasteiger partial charge in [0, 0.05) is 36.6 Å². The Labute approximate surface area is 134 Å². The maximum atomic E-state index is 11.8. The van der Waals surface area contributed by atoms with E-state index in [1.807, 2.05) is 27.0 Å². The quantitative estimate of drug-likeness (QED) is 0.759. The number of hydrogen-bond acceptors (Lipinski definition) is 5. The van der Waals surface area contributed by atoms with Crippen molar-refractivity contribution in [1.82, 2.24) is 25.3 Å². The lowest BCUT2D eigenvalue weighted by atomic mass is 10.2. The normalized spacial score (nSPS) is 11.3. The molecule has 2 heterocycles. The molecule has 0 atom stereocenters. The fourth-order valence-electron chi connectivity index (χ4n) is 1.87. The number of ether oxygens (including phenoxy) is 1. The van der Waals surface area contributed by atoms with E-state index < -0.39 is 11.7 Å². The van der Waals surface area contributed by atoms with Crippen molar-refractivity contribution in [2.45, 2.75) is 39.5 Å². The van der Waals surface area contributed by atoms with Gasteiger partial charge in [0.1, 0.15) is 11.4 Å². The van der Waals surface area contributed by atoms with Gasteiger partial charge in [-0.2, -0.15) is 10.2 Å². The lowest BCUT2D eigenvalue weighted by Gasteiger charge is -2.19.